The second-order valence-electron chi connectivity index (χ2n) is 3.30. The van der Waals surface area contributed by atoms with E-state index >= 15 is 0 Å². The average Bonchev–Trinajstić information content (AvgIpc) is 2.14. The highest BCUT2D eigenvalue weighted by Crippen LogP contribution is 2.33. The molecule has 9 heteroatoms. The summed E-state index contributed by atoms with van der Waals surface area (Å²) in [6.45, 7) is 1.17. The molecule has 102 valence electrons. The molecule has 0 heterocycles. The van der Waals surface area contributed by atoms with Crippen molar-refractivity contribution in [2.24, 2.45) is 0 Å². The third kappa shape index (κ3) is 3.59. The van der Waals surface area contributed by atoms with E-state index < -0.39 is 21.7 Å². The molecule has 0 amide bonds. The highest BCUT2D eigenvalue weighted by atomic mass is 79.9. The van der Waals surface area contributed by atoms with Crippen molar-refractivity contribution < 1.29 is 25.8 Å². The first kappa shape index (κ1) is 15.7. The highest BCUT2D eigenvalue weighted by Gasteiger charge is 2.48. The summed E-state index contributed by atoms with van der Waals surface area (Å²) in [5.74, 6) is 0. The molecule has 0 aromatic heterocycles. The molecule has 0 aliphatic heterocycles. The Morgan fingerprint density at radius 1 is 1.39 bits per heavy atom. The zero-order chi connectivity index (χ0) is 14.1. The molecule has 1 aromatic carbocycles. The van der Waals surface area contributed by atoms with Crippen molar-refractivity contribution >= 4 is 37.6 Å². The fourth-order valence-electron chi connectivity index (χ4n) is 1.13. The van der Waals surface area contributed by atoms with Crippen LogP contribution in [0.25, 0.3) is 0 Å². The molecular formula is C9H7BrClF3O3S. The second-order valence-corrected chi connectivity index (χ2v) is 6.19. The summed E-state index contributed by atoms with van der Waals surface area (Å²) in [4.78, 5) is 0. The molecular weight excluding hydrogens is 361 g/mol. The van der Waals surface area contributed by atoms with Crippen molar-refractivity contribution in [1.29, 1.82) is 0 Å². The van der Waals surface area contributed by atoms with Gasteiger partial charge in [-0.25, -0.2) is 0 Å². The molecule has 0 N–H and O–H groups in total. The quantitative estimate of drug-likeness (QED) is 0.598. The fraction of sp³-hybridized carbons (Fsp3) is 0.333. The molecule has 1 rings (SSSR count). The maximum atomic E-state index is 12.1. The molecule has 0 fully saturated rings. The van der Waals surface area contributed by atoms with Crippen molar-refractivity contribution in [3.05, 3.63) is 33.3 Å². The molecule has 3 nitrogen and oxygen atoms in total. The van der Waals surface area contributed by atoms with Crippen LogP contribution in [0, 0.1) is 0 Å². The molecule has 0 saturated heterocycles. The molecule has 1 atom stereocenters. The van der Waals surface area contributed by atoms with Gasteiger partial charge in [-0.15, -0.1) is 0 Å². The van der Waals surface area contributed by atoms with E-state index in [0.717, 1.165) is 0 Å². The minimum atomic E-state index is -5.64. The van der Waals surface area contributed by atoms with Crippen molar-refractivity contribution in [1.82, 2.24) is 0 Å². The van der Waals surface area contributed by atoms with Crippen LogP contribution in [0.2, 0.25) is 5.02 Å². The van der Waals surface area contributed by atoms with Crippen LogP contribution >= 0.6 is 27.5 Å². The summed E-state index contributed by atoms with van der Waals surface area (Å²) in [6.07, 6.45) is -1.34. The zero-order valence-electron chi connectivity index (χ0n) is 8.83. The van der Waals surface area contributed by atoms with Gasteiger partial charge in [0, 0.05) is 15.1 Å². The molecule has 1 unspecified atom stereocenters. The lowest BCUT2D eigenvalue weighted by Crippen LogP contribution is -2.26. The summed E-state index contributed by atoms with van der Waals surface area (Å²) in [5.41, 5.74) is -5.31. The van der Waals surface area contributed by atoms with Crippen LogP contribution in [-0.2, 0) is 14.3 Å². The molecule has 0 radical (unpaired) electrons. The van der Waals surface area contributed by atoms with Gasteiger partial charge in [0.15, 0.2) is 0 Å². The van der Waals surface area contributed by atoms with E-state index in [4.69, 9.17) is 11.6 Å². The highest BCUT2D eigenvalue weighted by molar-refractivity contribution is 9.10. The normalized spacial score (nSPS) is 14.6. The SMILES string of the molecule is CC(OS(=O)(=O)C(F)(F)F)c1ccc(Br)cc1Cl. The van der Waals surface area contributed by atoms with Gasteiger partial charge in [-0.3, -0.25) is 4.18 Å². The summed E-state index contributed by atoms with van der Waals surface area (Å²) in [6, 6.07) is 4.32. The first-order chi connectivity index (χ1) is 8.04. The van der Waals surface area contributed by atoms with E-state index in [-0.39, 0.29) is 10.6 Å². The van der Waals surface area contributed by atoms with Crippen LogP contribution in [0.1, 0.15) is 18.6 Å². The van der Waals surface area contributed by atoms with E-state index in [9.17, 15) is 21.6 Å². The molecule has 0 spiro atoms. The molecule has 0 bridgehead atoms. The summed E-state index contributed by atoms with van der Waals surface area (Å²) in [5, 5.41) is 0.106. The number of hydrogen-bond donors (Lipinski definition) is 0. The van der Waals surface area contributed by atoms with E-state index in [1.165, 1.54) is 25.1 Å². The Hall–Kier alpha value is -0.310. The van der Waals surface area contributed by atoms with Crippen LogP contribution in [0.3, 0.4) is 0 Å². The number of alkyl halides is 3. The Morgan fingerprint density at radius 2 is 1.94 bits per heavy atom. The molecule has 0 saturated carbocycles. The molecule has 0 aliphatic carbocycles. The number of benzene rings is 1. The Bertz CT molecular complexity index is 544. The van der Waals surface area contributed by atoms with Crippen molar-refractivity contribution in [2.75, 3.05) is 0 Å². The first-order valence-corrected chi connectivity index (χ1v) is 7.07. The Morgan fingerprint density at radius 3 is 2.39 bits per heavy atom. The fourth-order valence-corrected chi connectivity index (χ4v) is 2.55. The standard InChI is InChI=1S/C9H7BrClF3O3S/c1-5(17-18(15,16)9(12,13)14)7-3-2-6(10)4-8(7)11/h2-5H,1H3. The maximum absolute atomic E-state index is 12.1. The minimum absolute atomic E-state index is 0.106. The van der Waals surface area contributed by atoms with Gasteiger partial charge in [0.25, 0.3) is 0 Å². The van der Waals surface area contributed by atoms with Gasteiger partial charge in [-0.05, 0) is 19.1 Å². The summed E-state index contributed by atoms with van der Waals surface area (Å²) < 4.78 is 62.7. The molecule has 1 aromatic rings. The van der Waals surface area contributed by atoms with Gasteiger partial charge >= 0.3 is 15.6 Å². The summed E-state index contributed by atoms with van der Waals surface area (Å²) in [7, 11) is -5.64. The van der Waals surface area contributed by atoms with Crippen molar-refractivity contribution in [2.45, 2.75) is 18.5 Å². The van der Waals surface area contributed by atoms with Crippen molar-refractivity contribution in [3.63, 3.8) is 0 Å². The lowest BCUT2D eigenvalue weighted by molar-refractivity contribution is -0.0569. The Kier molecular flexibility index (Phi) is 4.69. The van der Waals surface area contributed by atoms with Gasteiger partial charge < -0.3 is 0 Å². The maximum Gasteiger partial charge on any atom is 0.523 e. The topological polar surface area (TPSA) is 43.4 Å². The van der Waals surface area contributed by atoms with Crippen LogP contribution in [0.4, 0.5) is 13.2 Å². The smallest absolute Gasteiger partial charge is 0.255 e. The third-order valence-electron chi connectivity index (χ3n) is 1.95. The summed E-state index contributed by atoms with van der Waals surface area (Å²) >= 11 is 8.90. The van der Waals surface area contributed by atoms with Crippen LogP contribution in [0.5, 0.6) is 0 Å². The first-order valence-electron chi connectivity index (χ1n) is 4.49. The van der Waals surface area contributed by atoms with E-state index in [1.54, 1.807) is 0 Å². The minimum Gasteiger partial charge on any atom is -0.255 e. The average molecular weight is 368 g/mol. The van der Waals surface area contributed by atoms with Gasteiger partial charge in [-0.2, -0.15) is 21.6 Å². The third-order valence-corrected chi connectivity index (χ3v) is 3.88. The Labute approximate surface area is 115 Å². The van der Waals surface area contributed by atoms with E-state index in [2.05, 4.69) is 20.1 Å². The van der Waals surface area contributed by atoms with Crippen LogP contribution in [-0.4, -0.2) is 13.9 Å². The molecule has 18 heavy (non-hydrogen) atoms. The number of halogens is 5. The Balaban J connectivity index is 3.00. The van der Waals surface area contributed by atoms with Crippen LogP contribution < -0.4 is 0 Å². The number of rotatable bonds is 3. The zero-order valence-corrected chi connectivity index (χ0v) is 12.0. The molecule has 0 aliphatic rings. The largest absolute Gasteiger partial charge is 0.523 e. The predicted octanol–water partition coefficient (Wildman–Crippen LogP) is 4.03. The lowest BCUT2D eigenvalue weighted by atomic mass is 10.1. The van der Waals surface area contributed by atoms with Gasteiger partial charge in [-0.1, -0.05) is 33.6 Å². The van der Waals surface area contributed by atoms with Gasteiger partial charge in [0.05, 0.1) is 0 Å². The predicted molar refractivity (Wildman–Crippen MR) is 63.6 cm³/mol. The monoisotopic (exact) mass is 366 g/mol. The van der Waals surface area contributed by atoms with Crippen LogP contribution in [0.15, 0.2) is 22.7 Å². The van der Waals surface area contributed by atoms with E-state index in [1.807, 2.05) is 0 Å². The van der Waals surface area contributed by atoms with Crippen molar-refractivity contribution in [3.8, 4) is 0 Å². The van der Waals surface area contributed by atoms with E-state index in [0.29, 0.717) is 4.47 Å². The van der Waals surface area contributed by atoms with Gasteiger partial charge in [0.1, 0.15) is 6.10 Å². The van der Waals surface area contributed by atoms with Gasteiger partial charge in [0.2, 0.25) is 0 Å². The second kappa shape index (κ2) is 5.36. The number of hydrogen-bond acceptors (Lipinski definition) is 3. The lowest BCUT2D eigenvalue weighted by Gasteiger charge is -2.16.